The van der Waals surface area contributed by atoms with E-state index >= 15 is 0 Å². The summed E-state index contributed by atoms with van der Waals surface area (Å²) < 4.78 is 0. The van der Waals surface area contributed by atoms with Gasteiger partial charge in [-0.2, -0.15) is 5.26 Å². The van der Waals surface area contributed by atoms with Crippen molar-refractivity contribution < 1.29 is 5.11 Å². The number of rotatable bonds is 3. The molecule has 2 N–H and O–H groups in total. The van der Waals surface area contributed by atoms with Crippen molar-refractivity contribution in [2.24, 2.45) is 0 Å². The molecule has 0 heterocycles. The Balaban J connectivity index is 2.27. The molecule has 3 nitrogen and oxygen atoms in total. The molecule has 0 aromatic heterocycles. The lowest BCUT2D eigenvalue weighted by atomic mass is 10.0. The zero-order chi connectivity index (χ0) is 13.8. The molecule has 2 aromatic rings. The van der Waals surface area contributed by atoms with Gasteiger partial charge in [-0.25, -0.2) is 0 Å². The molecule has 19 heavy (non-hydrogen) atoms. The lowest BCUT2D eigenvalue weighted by Gasteiger charge is -2.17. The largest absolute Gasteiger partial charge is 0.508 e. The van der Waals surface area contributed by atoms with Crippen LogP contribution in [0.15, 0.2) is 42.5 Å². The molecule has 0 aliphatic heterocycles. The first-order chi connectivity index (χ1) is 9.11. The predicted molar refractivity (Wildman–Crippen MR) is 76.0 cm³/mol. The van der Waals surface area contributed by atoms with Gasteiger partial charge in [0, 0.05) is 6.04 Å². The van der Waals surface area contributed by atoms with Crippen LogP contribution in [0.3, 0.4) is 0 Å². The number of aromatic hydroxyl groups is 1. The molecule has 0 saturated carbocycles. The van der Waals surface area contributed by atoms with E-state index < -0.39 is 0 Å². The molecular weight excluding hydrogens is 236 g/mol. The summed E-state index contributed by atoms with van der Waals surface area (Å²) in [6, 6.07) is 15.1. The highest BCUT2D eigenvalue weighted by atomic mass is 16.3. The Morgan fingerprint density at radius 3 is 2.63 bits per heavy atom. The molecule has 96 valence electrons. The Hall–Kier alpha value is -2.47. The Kier molecular flexibility index (Phi) is 3.72. The summed E-state index contributed by atoms with van der Waals surface area (Å²) in [4.78, 5) is 0. The number of nitriles is 1. The number of hydrogen-bond donors (Lipinski definition) is 2. The number of hydrogen-bond acceptors (Lipinski definition) is 3. The van der Waals surface area contributed by atoms with E-state index in [0.717, 1.165) is 16.8 Å². The first-order valence-electron chi connectivity index (χ1n) is 6.17. The highest BCUT2D eigenvalue weighted by molar-refractivity contribution is 5.61. The molecule has 0 saturated heterocycles. The molecule has 0 aliphatic carbocycles. The van der Waals surface area contributed by atoms with Gasteiger partial charge < -0.3 is 10.4 Å². The summed E-state index contributed by atoms with van der Waals surface area (Å²) in [6.45, 7) is 3.92. The van der Waals surface area contributed by atoms with E-state index in [4.69, 9.17) is 0 Å². The predicted octanol–water partition coefficient (Wildman–Crippen LogP) is 3.75. The molecular formula is C16H16N2O. The lowest BCUT2D eigenvalue weighted by Crippen LogP contribution is -2.08. The number of anilines is 1. The van der Waals surface area contributed by atoms with Gasteiger partial charge in [0.15, 0.2) is 0 Å². The molecule has 3 heteroatoms. The van der Waals surface area contributed by atoms with Crippen LogP contribution in [0.2, 0.25) is 0 Å². The molecule has 1 atom stereocenters. The fraction of sp³-hybridized carbons (Fsp3) is 0.188. The van der Waals surface area contributed by atoms with E-state index in [-0.39, 0.29) is 11.8 Å². The highest BCUT2D eigenvalue weighted by Crippen LogP contribution is 2.25. The van der Waals surface area contributed by atoms with Crippen LogP contribution < -0.4 is 5.32 Å². The minimum Gasteiger partial charge on any atom is -0.508 e. The maximum absolute atomic E-state index is 9.49. The third-order valence-corrected chi connectivity index (χ3v) is 3.13. The fourth-order valence-electron chi connectivity index (χ4n) is 2.05. The van der Waals surface area contributed by atoms with Crippen molar-refractivity contribution in [3.05, 3.63) is 59.2 Å². The third-order valence-electron chi connectivity index (χ3n) is 3.13. The minimum atomic E-state index is 0.0148. The number of nitrogens with one attached hydrogen (secondary N) is 1. The molecule has 0 aliphatic rings. The van der Waals surface area contributed by atoms with Crippen LogP contribution in [0, 0.1) is 18.3 Å². The number of phenols is 1. The van der Waals surface area contributed by atoms with Crippen molar-refractivity contribution in [1.82, 2.24) is 0 Å². The maximum Gasteiger partial charge on any atom is 0.115 e. The quantitative estimate of drug-likeness (QED) is 0.874. The van der Waals surface area contributed by atoms with Crippen molar-refractivity contribution in [2.75, 3.05) is 5.32 Å². The molecule has 2 rings (SSSR count). The standard InChI is InChI=1S/C16H16N2O/c1-11-5-3-8-16(15(11)10-17)18-12(2)13-6-4-7-14(19)9-13/h3-9,12,18-19H,1-2H3. The Morgan fingerprint density at radius 2 is 1.95 bits per heavy atom. The summed E-state index contributed by atoms with van der Waals surface area (Å²) in [6.07, 6.45) is 0. The average molecular weight is 252 g/mol. The van der Waals surface area contributed by atoms with Crippen molar-refractivity contribution in [1.29, 1.82) is 5.26 Å². The van der Waals surface area contributed by atoms with Gasteiger partial charge in [0.25, 0.3) is 0 Å². The second-order valence-electron chi connectivity index (χ2n) is 4.57. The third kappa shape index (κ3) is 2.86. The number of nitrogens with zero attached hydrogens (tertiary/aromatic N) is 1. The molecule has 1 unspecified atom stereocenters. The molecule has 0 radical (unpaired) electrons. The first-order valence-corrected chi connectivity index (χ1v) is 6.17. The van der Waals surface area contributed by atoms with Crippen molar-refractivity contribution in [3.63, 3.8) is 0 Å². The van der Waals surface area contributed by atoms with Gasteiger partial charge in [-0.3, -0.25) is 0 Å². The molecule has 0 fully saturated rings. The van der Waals surface area contributed by atoms with E-state index in [0.29, 0.717) is 5.56 Å². The van der Waals surface area contributed by atoms with Gasteiger partial charge in [0.1, 0.15) is 11.8 Å². The van der Waals surface area contributed by atoms with E-state index in [9.17, 15) is 10.4 Å². The molecule has 0 bridgehead atoms. The topological polar surface area (TPSA) is 56.0 Å². The van der Waals surface area contributed by atoms with Gasteiger partial charge >= 0.3 is 0 Å². The van der Waals surface area contributed by atoms with Crippen LogP contribution >= 0.6 is 0 Å². The number of phenolic OH excluding ortho intramolecular Hbond substituents is 1. The van der Waals surface area contributed by atoms with E-state index in [2.05, 4.69) is 11.4 Å². The van der Waals surface area contributed by atoms with Crippen LogP contribution in [0.25, 0.3) is 0 Å². The average Bonchev–Trinajstić information content (AvgIpc) is 2.39. The lowest BCUT2D eigenvalue weighted by molar-refractivity contribution is 0.474. The highest BCUT2D eigenvalue weighted by Gasteiger charge is 2.10. The maximum atomic E-state index is 9.49. The van der Waals surface area contributed by atoms with Crippen LogP contribution in [0.4, 0.5) is 5.69 Å². The van der Waals surface area contributed by atoms with Gasteiger partial charge in [-0.15, -0.1) is 0 Å². The normalized spacial score (nSPS) is 11.6. The van der Waals surface area contributed by atoms with Crippen LogP contribution in [0.5, 0.6) is 5.75 Å². The first kappa shape index (κ1) is 13.0. The number of aryl methyl sites for hydroxylation is 1. The zero-order valence-electron chi connectivity index (χ0n) is 11.0. The summed E-state index contributed by atoms with van der Waals surface area (Å²) in [5, 5.41) is 22.0. The Bertz CT molecular complexity index is 629. The van der Waals surface area contributed by atoms with Crippen LogP contribution in [0.1, 0.15) is 29.7 Å². The minimum absolute atomic E-state index is 0.0148. The molecule has 0 spiro atoms. The summed E-state index contributed by atoms with van der Waals surface area (Å²) in [5.41, 5.74) is 3.41. The molecule has 0 amide bonds. The SMILES string of the molecule is Cc1cccc(NC(C)c2cccc(O)c2)c1C#N. The van der Waals surface area contributed by atoms with Gasteiger partial charge in [-0.05, 0) is 43.2 Å². The van der Waals surface area contributed by atoms with Gasteiger partial charge in [0.05, 0.1) is 11.3 Å². The second kappa shape index (κ2) is 5.45. The fourth-order valence-corrected chi connectivity index (χ4v) is 2.05. The van der Waals surface area contributed by atoms with E-state index in [1.165, 1.54) is 0 Å². The van der Waals surface area contributed by atoms with Crippen LogP contribution in [-0.2, 0) is 0 Å². The Morgan fingerprint density at radius 1 is 1.21 bits per heavy atom. The van der Waals surface area contributed by atoms with Gasteiger partial charge in [-0.1, -0.05) is 24.3 Å². The Labute approximate surface area is 113 Å². The number of benzene rings is 2. The van der Waals surface area contributed by atoms with Crippen molar-refractivity contribution >= 4 is 5.69 Å². The zero-order valence-corrected chi connectivity index (χ0v) is 11.0. The summed E-state index contributed by atoms with van der Waals surface area (Å²) in [7, 11) is 0. The van der Waals surface area contributed by atoms with Crippen molar-refractivity contribution in [3.8, 4) is 11.8 Å². The monoisotopic (exact) mass is 252 g/mol. The van der Waals surface area contributed by atoms with E-state index in [1.807, 2.05) is 44.2 Å². The summed E-state index contributed by atoms with van der Waals surface area (Å²) >= 11 is 0. The van der Waals surface area contributed by atoms with Crippen LogP contribution in [-0.4, -0.2) is 5.11 Å². The second-order valence-corrected chi connectivity index (χ2v) is 4.57. The van der Waals surface area contributed by atoms with E-state index in [1.54, 1.807) is 12.1 Å². The van der Waals surface area contributed by atoms with Crippen molar-refractivity contribution in [2.45, 2.75) is 19.9 Å². The molecule has 2 aromatic carbocycles. The summed E-state index contributed by atoms with van der Waals surface area (Å²) in [5.74, 6) is 0.246. The smallest absolute Gasteiger partial charge is 0.115 e. The van der Waals surface area contributed by atoms with Gasteiger partial charge in [0.2, 0.25) is 0 Å².